The third kappa shape index (κ3) is 2.70. The molecular weight excluding hydrogens is 222 g/mol. The van der Waals surface area contributed by atoms with Gasteiger partial charge >= 0.3 is 0 Å². The minimum Gasteiger partial charge on any atom is -0.355 e. The highest BCUT2D eigenvalue weighted by Gasteiger charge is 2.02. The molecule has 2 aromatic heterocycles. The van der Waals surface area contributed by atoms with Gasteiger partial charge in [0.15, 0.2) is 0 Å². The van der Waals surface area contributed by atoms with Gasteiger partial charge in [-0.1, -0.05) is 11.6 Å². The average molecular weight is 234 g/mol. The van der Waals surface area contributed by atoms with Crippen LogP contribution in [0.15, 0.2) is 42.9 Å². The lowest BCUT2D eigenvalue weighted by molar-refractivity contribution is 0.895. The first kappa shape index (κ1) is 10.9. The van der Waals surface area contributed by atoms with Crippen molar-refractivity contribution < 1.29 is 0 Å². The van der Waals surface area contributed by atoms with Crippen LogP contribution in [0.1, 0.15) is 5.56 Å². The van der Waals surface area contributed by atoms with Gasteiger partial charge in [0, 0.05) is 32.2 Å². The van der Waals surface area contributed by atoms with Gasteiger partial charge in [0.25, 0.3) is 0 Å². The van der Waals surface area contributed by atoms with E-state index in [9.17, 15) is 0 Å². The number of halogens is 1. The molecule has 0 aliphatic carbocycles. The van der Waals surface area contributed by atoms with E-state index in [1.54, 1.807) is 18.6 Å². The van der Waals surface area contributed by atoms with E-state index in [4.69, 9.17) is 11.6 Å². The summed E-state index contributed by atoms with van der Waals surface area (Å²) in [7, 11) is 2.00. The van der Waals surface area contributed by atoms with E-state index in [-0.39, 0.29) is 0 Å². The Morgan fingerprint density at radius 3 is 2.56 bits per heavy atom. The van der Waals surface area contributed by atoms with Crippen molar-refractivity contribution in [3.8, 4) is 0 Å². The molecule has 0 amide bonds. The zero-order chi connectivity index (χ0) is 11.4. The molecule has 0 N–H and O–H groups in total. The summed E-state index contributed by atoms with van der Waals surface area (Å²) in [5, 5.41) is 0.654. The number of rotatable bonds is 3. The normalized spacial score (nSPS) is 10.1. The monoisotopic (exact) mass is 233 g/mol. The molecule has 0 bridgehead atoms. The van der Waals surface area contributed by atoms with E-state index >= 15 is 0 Å². The molecule has 0 saturated heterocycles. The van der Waals surface area contributed by atoms with Crippen LogP contribution in [0.3, 0.4) is 0 Å². The largest absolute Gasteiger partial charge is 0.355 e. The van der Waals surface area contributed by atoms with Gasteiger partial charge in [-0.2, -0.15) is 0 Å². The molecule has 82 valence electrons. The Labute approximate surface area is 99.7 Å². The van der Waals surface area contributed by atoms with Crippen LogP contribution in [0, 0.1) is 0 Å². The predicted molar refractivity (Wildman–Crippen MR) is 65.6 cm³/mol. The third-order valence-corrected chi connectivity index (χ3v) is 2.50. The molecule has 0 aliphatic heterocycles. The summed E-state index contributed by atoms with van der Waals surface area (Å²) >= 11 is 5.79. The molecule has 3 nitrogen and oxygen atoms in total. The number of nitrogens with zero attached hydrogens (tertiary/aromatic N) is 3. The maximum absolute atomic E-state index is 5.79. The lowest BCUT2D eigenvalue weighted by Gasteiger charge is -2.17. The van der Waals surface area contributed by atoms with Crippen molar-refractivity contribution in [1.29, 1.82) is 0 Å². The molecule has 2 heterocycles. The third-order valence-electron chi connectivity index (χ3n) is 2.27. The zero-order valence-electron chi connectivity index (χ0n) is 8.97. The van der Waals surface area contributed by atoms with Gasteiger partial charge in [-0.25, -0.2) is 4.98 Å². The molecule has 0 atom stereocenters. The molecule has 0 radical (unpaired) electrons. The molecule has 0 unspecified atom stereocenters. The van der Waals surface area contributed by atoms with Crippen LogP contribution >= 0.6 is 11.6 Å². The van der Waals surface area contributed by atoms with Crippen molar-refractivity contribution in [2.75, 3.05) is 11.9 Å². The molecule has 2 rings (SSSR count). The quantitative estimate of drug-likeness (QED) is 0.816. The Balaban J connectivity index is 2.09. The average Bonchev–Trinajstić information content (AvgIpc) is 2.31. The first-order valence-corrected chi connectivity index (χ1v) is 5.35. The van der Waals surface area contributed by atoms with Gasteiger partial charge in [-0.3, -0.25) is 4.98 Å². The lowest BCUT2D eigenvalue weighted by atomic mass is 10.2. The maximum Gasteiger partial charge on any atom is 0.128 e. The standard InChI is InChI=1S/C12H12ClN3/c1-16(9-10-4-6-14-7-5-10)12-3-2-11(13)8-15-12/h2-8H,9H2,1H3. The minimum absolute atomic E-state index is 0.654. The molecule has 0 fully saturated rings. The summed E-state index contributed by atoms with van der Waals surface area (Å²) in [5.41, 5.74) is 1.20. The highest BCUT2D eigenvalue weighted by Crippen LogP contribution is 2.14. The number of hydrogen-bond acceptors (Lipinski definition) is 3. The van der Waals surface area contributed by atoms with E-state index in [2.05, 4.69) is 14.9 Å². The van der Waals surface area contributed by atoms with Gasteiger partial charge in [-0.05, 0) is 29.8 Å². The fourth-order valence-corrected chi connectivity index (χ4v) is 1.55. The summed E-state index contributed by atoms with van der Waals surface area (Å²) in [4.78, 5) is 10.3. The number of aromatic nitrogens is 2. The summed E-state index contributed by atoms with van der Waals surface area (Å²) in [6.45, 7) is 0.803. The van der Waals surface area contributed by atoms with Crippen molar-refractivity contribution >= 4 is 17.4 Å². The Kier molecular flexibility index (Phi) is 3.37. The molecular formula is C12H12ClN3. The summed E-state index contributed by atoms with van der Waals surface area (Å²) in [6.07, 6.45) is 5.23. The molecule has 16 heavy (non-hydrogen) atoms. The van der Waals surface area contributed by atoms with Crippen LogP contribution in [0.25, 0.3) is 0 Å². The van der Waals surface area contributed by atoms with E-state index in [0.717, 1.165) is 12.4 Å². The summed E-state index contributed by atoms with van der Waals surface area (Å²) < 4.78 is 0. The van der Waals surface area contributed by atoms with Gasteiger partial charge in [0.2, 0.25) is 0 Å². The fourth-order valence-electron chi connectivity index (χ4n) is 1.44. The van der Waals surface area contributed by atoms with Crippen LogP contribution in [-0.4, -0.2) is 17.0 Å². The SMILES string of the molecule is CN(Cc1ccncc1)c1ccc(Cl)cn1. The second-order valence-corrected chi connectivity index (χ2v) is 3.98. The summed E-state index contributed by atoms with van der Waals surface area (Å²) in [5.74, 6) is 0.904. The highest BCUT2D eigenvalue weighted by molar-refractivity contribution is 6.30. The molecule has 2 aromatic rings. The lowest BCUT2D eigenvalue weighted by Crippen LogP contribution is -2.17. The maximum atomic E-state index is 5.79. The number of hydrogen-bond donors (Lipinski definition) is 0. The molecule has 4 heteroatoms. The Morgan fingerprint density at radius 2 is 1.94 bits per heavy atom. The van der Waals surface area contributed by atoms with Crippen LogP contribution in [0.5, 0.6) is 0 Å². The van der Waals surface area contributed by atoms with Crippen LogP contribution < -0.4 is 4.90 Å². The van der Waals surface area contributed by atoms with Crippen molar-refractivity contribution in [1.82, 2.24) is 9.97 Å². The van der Waals surface area contributed by atoms with Gasteiger partial charge < -0.3 is 4.90 Å². The molecule has 0 aliphatic rings. The second-order valence-electron chi connectivity index (χ2n) is 3.55. The van der Waals surface area contributed by atoms with Crippen LogP contribution in [-0.2, 0) is 6.54 Å². The molecule has 0 saturated carbocycles. The Hall–Kier alpha value is -1.61. The molecule has 0 spiro atoms. The first-order valence-electron chi connectivity index (χ1n) is 4.97. The van der Waals surface area contributed by atoms with Crippen molar-refractivity contribution in [2.45, 2.75) is 6.54 Å². The van der Waals surface area contributed by atoms with E-state index in [1.165, 1.54) is 5.56 Å². The zero-order valence-corrected chi connectivity index (χ0v) is 9.72. The fraction of sp³-hybridized carbons (Fsp3) is 0.167. The van der Waals surface area contributed by atoms with Crippen molar-refractivity contribution in [3.05, 3.63) is 53.4 Å². The van der Waals surface area contributed by atoms with E-state index in [1.807, 2.05) is 31.3 Å². The van der Waals surface area contributed by atoms with Crippen molar-refractivity contribution in [3.63, 3.8) is 0 Å². The highest BCUT2D eigenvalue weighted by atomic mass is 35.5. The predicted octanol–water partition coefficient (Wildman–Crippen LogP) is 2.77. The Bertz CT molecular complexity index is 442. The van der Waals surface area contributed by atoms with E-state index < -0.39 is 0 Å². The van der Waals surface area contributed by atoms with Crippen molar-refractivity contribution in [2.24, 2.45) is 0 Å². The van der Waals surface area contributed by atoms with Crippen LogP contribution in [0.2, 0.25) is 5.02 Å². The molecule has 0 aromatic carbocycles. The van der Waals surface area contributed by atoms with Gasteiger partial charge in [-0.15, -0.1) is 0 Å². The number of anilines is 1. The van der Waals surface area contributed by atoms with E-state index in [0.29, 0.717) is 5.02 Å². The van der Waals surface area contributed by atoms with Gasteiger partial charge in [0.1, 0.15) is 5.82 Å². The number of pyridine rings is 2. The topological polar surface area (TPSA) is 29.0 Å². The minimum atomic E-state index is 0.654. The van der Waals surface area contributed by atoms with Crippen LogP contribution in [0.4, 0.5) is 5.82 Å². The summed E-state index contributed by atoms with van der Waals surface area (Å²) in [6, 6.07) is 7.73. The van der Waals surface area contributed by atoms with Gasteiger partial charge in [0.05, 0.1) is 5.02 Å². The Morgan fingerprint density at radius 1 is 1.19 bits per heavy atom. The smallest absolute Gasteiger partial charge is 0.128 e. The second kappa shape index (κ2) is 4.94. The first-order chi connectivity index (χ1) is 7.75.